The molecule has 5 atom stereocenters. The molecule has 0 aromatic heterocycles. The Morgan fingerprint density at radius 3 is 2.71 bits per heavy atom. The van der Waals surface area contributed by atoms with Gasteiger partial charge in [-0.3, -0.25) is 4.79 Å². The van der Waals surface area contributed by atoms with Crippen molar-refractivity contribution in [2.24, 2.45) is 28.6 Å². The van der Waals surface area contributed by atoms with Crippen LogP contribution in [0.2, 0.25) is 0 Å². The van der Waals surface area contributed by atoms with Crippen LogP contribution in [-0.2, 0) is 9.53 Å². The van der Waals surface area contributed by atoms with Crippen LogP contribution in [-0.4, -0.2) is 38.9 Å². The van der Waals surface area contributed by atoms with E-state index in [1.807, 2.05) is 13.8 Å². The Labute approximate surface area is 185 Å². The van der Waals surface area contributed by atoms with Crippen LogP contribution in [0, 0.1) is 28.6 Å². The summed E-state index contributed by atoms with van der Waals surface area (Å²) in [6.45, 7) is 10.4. The monoisotopic (exact) mass is 429 g/mol. The van der Waals surface area contributed by atoms with Crippen molar-refractivity contribution in [3.8, 4) is 17.2 Å². The minimum absolute atomic E-state index is 0.0116. The number of rotatable bonds is 4. The molecule has 2 bridgehead atoms. The first-order chi connectivity index (χ1) is 14.8. The van der Waals surface area contributed by atoms with Crippen molar-refractivity contribution in [2.75, 3.05) is 26.9 Å². The zero-order valence-electron chi connectivity index (χ0n) is 19.3. The summed E-state index contributed by atoms with van der Waals surface area (Å²) in [5, 5.41) is 3.47. The molecule has 4 aliphatic rings. The lowest BCUT2D eigenvalue weighted by Crippen LogP contribution is -2.59. The largest absolute Gasteiger partial charge is 0.493 e. The molecule has 1 spiro atoms. The molecule has 2 saturated carbocycles. The lowest BCUT2D eigenvalue weighted by Gasteiger charge is -2.53. The Balaban J connectivity index is 1.51. The molecule has 1 amide bonds. The molecule has 2 heterocycles. The molecular formula is C25H35NO5. The van der Waals surface area contributed by atoms with Gasteiger partial charge in [-0.15, -0.1) is 0 Å². The highest BCUT2D eigenvalue weighted by Gasteiger charge is 2.68. The topological polar surface area (TPSA) is 66.0 Å². The molecular weight excluding hydrogens is 394 g/mol. The predicted octanol–water partition coefficient (Wildman–Crippen LogP) is 4.12. The smallest absolute Gasteiger partial charge is 0.222 e. The minimum Gasteiger partial charge on any atom is -0.493 e. The Hall–Kier alpha value is -1.95. The fourth-order valence-corrected chi connectivity index (χ4v) is 6.88. The van der Waals surface area contributed by atoms with Gasteiger partial charge in [-0.1, -0.05) is 27.7 Å². The van der Waals surface area contributed by atoms with Crippen LogP contribution < -0.4 is 19.5 Å². The number of methoxy groups -OCH3 is 1. The molecule has 6 nitrogen and oxygen atoms in total. The van der Waals surface area contributed by atoms with Crippen molar-refractivity contribution >= 4 is 5.91 Å². The first kappa shape index (κ1) is 20.9. The molecule has 1 saturated heterocycles. The molecule has 1 aromatic rings. The number of nitrogens with one attached hydrogen (secondary N) is 1. The molecule has 2 aliphatic heterocycles. The summed E-state index contributed by atoms with van der Waals surface area (Å²) in [6, 6.07) is 4.29. The number of ether oxygens (including phenoxy) is 4. The van der Waals surface area contributed by atoms with Crippen molar-refractivity contribution in [3.63, 3.8) is 0 Å². The van der Waals surface area contributed by atoms with E-state index in [0.29, 0.717) is 43.2 Å². The number of carbonyl (C=O) groups is 1. The zero-order valence-corrected chi connectivity index (χ0v) is 19.3. The lowest BCUT2D eigenvalue weighted by atomic mass is 9.58. The molecule has 6 heteroatoms. The highest BCUT2D eigenvalue weighted by Crippen LogP contribution is 2.70. The molecule has 2 aliphatic carbocycles. The molecule has 170 valence electrons. The van der Waals surface area contributed by atoms with E-state index in [9.17, 15) is 4.79 Å². The molecule has 0 unspecified atom stereocenters. The van der Waals surface area contributed by atoms with Gasteiger partial charge in [0.05, 0.1) is 13.2 Å². The molecule has 3 fully saturated rings. The summed E-state index contributed by atoms with van der Waals surface area (Å²) >= 11 is 0. The standard InChI is InChI=1S/C25H35NO5/c1-14(2)22(27)26-23-24(3,4)16-12-17-20(30-7-6-25(17,23)13-16)15-10-18(28-5)21-19(11-15)29-8-9-31-21/h10-11,14,16-17,20,23H,6-9,12-13H2,1-5H3,(H,26,27)/t16-,17-,20-,23+,25-/m1/s1. The third-order valence-electron chi connectivity index (χ3n) is 8.49. The van der Waals surface area contributed by atoms with Crippen LogP contribution in [0.4, 0.5) is 0 Å². The molecule has 1 N–H and O–H groups in total. The van der Waals surface area contributed by atoms with Gasteiger partial charge in [0.1, 0.15) is 13.2 Å². The number of hydrogen-bond acceptors (Lipinski definition) is 5. The summed E-state index contributed by atoms with van der Waals surface area (Å²) in [5.74, 6) is 3.20. The zero-order chi connectivity index (χ0) is 22.0. The van der Waals surface area contributed by atoms with E-state index in [2.05, 4.69) is 31.3 Å². The Morgan fingerprint density at radius 2 is 1.97 bits per heavy atom. The fraction of sp³-hybridized carbons (Fsp3) is 0.720. The van der Waals surface area contributed by atoms with Gasteiger partial charge in [-0.2, -0.15) is 0 Å². The second-order valence-corrected chi connectivity index (χ2v) is 10.7. The van der Waals surface area contributed by atoms with E-state index in [1.54, 1.807) is 7.11 Å². The summed E-state index contributed by atoms with van der Waals surface area (Å²) in [4.78, 5) is 12.7. The number of hydrogen-bond donors (Lipinski definition) is 1. The highest BCUT2D eigenvalue weighted by atomic mass is 16.6. The highest BCUT2D eigenvalue weighted by molar-refractivity contribution is 5.78. The number of carbonyl (C=O) groups excluding carboxylic acids is 1. The Morgan fingerprint density at radius 1 is 1.19 bits per heavy atom. The maximum atomic E-state index is 12.7. The minimum atomic E-state index is -0.0296. The van der Waals surface area contributed by atoms with E-state index in [-0.39, 0.29) is 34.8 Å². The van der Waals surface area contributed by atoms with Crippen molar-refractivity contribution < 1.29 is 23.7 Å². The number of amides is 1. The van der Waals surface area contributed by atoms with E-state index in [0.717, 1.165) is 30.6 Å². The summed E-state index contributed by atoms with van der Waals surface area (Å²) in [5.41, 5.74) is 1.25. The van der Waals surface area contributed by atoms with E-state index in [4.69, 9.17) is 18.9 Å². The third-order valence-corrected chi connectivity index (χ3v) is 8.49. The van der Waals surface area contributed by atoms with Crippen LogP contribution in [0.1, 0.15) is 58.6 Å². The van der Waals surface area contributed by atoms with Gasteiger partial charge in [0.2, 0.25) is 11.7 Å². The van der Waals surface area contributed by atoms with Gasteiger partial charge in [-0.05, 0) is 59.6 Å². The second kappa shape index (κ2) is 7.29. The number of benzene rings is 1. The van der Waals surface area contributed by atoms with E-state index in [1.165, 1.54) is 0 Å². The third kappa shape index (κ3) is 3.05. The average Bonchev–Trinajstić information content (AvgIpc) is 3.25. The summed E-state index contributed by atoms with van der Waals surface area (Å²) in [7, 11) is 1.66. The van der Waals surface area contributed by atoms with Gasteiger partial charge in [0, 0.05) is 18.6 Å². The molecule has 5 rings (SSSR count). The van der Waals surface area contributed by atoms with Crippen LogP contribution in [0.25, 0.3) is 0 Å². The maximum Gasteiger partial charge on any atom is 0.222 e. The first-order valence-corrected chi connectivity index (χ1v) is 11.7. The van der Waals surface area contributed by atoms with E-state index >= 15 is 0 Å². The molecule has 0 radical (unpaired) electrons. The second-order valence-electron chi connectivity index (χ2n) is 10.7. The maximum absolute atomic E-state index is 12.7. The lowest BCUT2D eigenvalue weighted by molar-refractivity contribution is -0.139. The van der Waals surface area contributed by atoms with Crippen molar-refractivity contribution in [1.29, 1.82) is 0 Å². The van der Waals surface area contributed by atoms with Crippen LogP contribution in [0.5, 0.6) is 17.2 Å². The van der Waals surface area contributed by atoms with Crippen LogP contribution >= 0.6 is 0 Å². The predicted molar refractivity (Wildman–Crippen MR) is 116 cm³/mol. The van der Waals surface area contributed by atoms with Crippen LogP contribution in [0.15, 0.2) is 12.1 Å². The van der Waals surface area contributed by atoms with Gasteiger partial charge in [0.25, 0.3) is 0 Å². The van der Waals surface area contributed by atoms with Gasteiger partial charge in [-0.25, -0.2) is 0 Å². The van der Waals surface area contributed by atoms with Gasteiger partial charge >= 0.3 is 0 Å². The SMILES string of the molecule is COc1cc([C@H]2OCC[C@@]34C[C@@H](C[C@H]23)C(C)(C)[C@@H]4NC(=O)C(C)C)cc2c1OCCO2. The van der Waals surface area contributed by atoms with Crippen molar-refractivity contribution in [1.82, 2.24) is 5.32 Å². The van der Waals surface area contributed by atoms with Crippen LogP contribution in [0.3, 0.4) is 0 Å². The summed E-state index contributed by atoms with van der Waals surface area (Å²) < 4.78 is 23.7. The first-order valence-electron chi connectivity index (χ1n) is 11.7. The normalized spacial score (nSPS) is 35.0. The van der Waals surface area contributed by atoms with Gasteiger partial charge in [0.15, 0.2) is 11.5 Å². The van der Waals surface area contributed by atoms with Gasteiger partial charge < -0.3 is 24.3 Å². The van der Waals surface area contributed by atoms with Crippen molar-refractivity contribution in [3.05, 3.63) is 17.7 Å². The summed E-state index contributed by atoms with van der Waals surface area (Å²) in [6.07, 6.45) is 3.26. The quantitative estimate of drug-likeness (QED) is 0.780. The fourth-order valence-electron chi connectivity index (χ4n) is 6.88. The number of fused-ring (bicyclic) bond motifs is 2. The Bertz CT molecular complexity index is 864. The average molecular weight is 430 g/mol. The molecule has 1 aromatic carbocycles. The molecule has 31 heavy (non-hydrogen) atoms. The Kier molecular flexibility index (Phi) is 4.92. The van der Waals surface area contributed by atoms with Crippen molar-refractivity contribution in [2.45, 2.75) is 59.1 Å². The van der Waals surface area contributed by atoms with E-state index < -0.39 is 0 Å².